The lowest BCUT2D eigenvalue weighted by Crippen LogP contribution is -2.38. The number of aliphatic hydroxyl groups excluding tert-OH is 1. The van der Waals surface area contributed by atoms with E-state index >= 15 is 0 Å². The molecule has 0 unspecified atom stereocenters. The summed E-state index contributed by atoms with van der Waals surface area (Å²) in [4.78, 5) is 10.6. The quantitative estimate of drug-likeness (QED) is 0.403. The molecule has 35 heavy (non-hydrogen) atoms. The molecule has 0 atom stereocenters. The molecule has 3 heterocycles. The molecule has 0 bridgehead atoms. The Kier molecular flexibility index (Phi) is 5.75. The van der Waals surface area contributed by atoms with Crippen molar-refractivity contribution in [2.75, 3.05) is 26.2 Å². The molecule has 0 amide bonds. The Morgan fingerprint density at radius 3 is 2.69 bits per heavy atom. The first kappa shape index (κ1) is 22.5. The number of H-pyrrole nitrogens is 1. The number of nitrogens with zero attached hydrogens (tertiary/aromatic N) is 2. The summed E-state index contributed by atoms with van der Waals surface area (Å²) in [5, 5.41) is 11.4. The minimum atomic E-state index is -3.28. The molecule has 4 aromatic rings. The number of aliphatic hydroxyl groups is 1. The lowest BCUT2D eigenvalue weighted by molar-refractivity contribution is 0.0756. The molecule has 182 valence electrons. The monoisotopic (exact) mass is 491 g/mol. The van der Waals surface area contributed by atoms with Gasteiger partial charge in [0.15, 0.2) is 9.84 Å². The summed E-state index contributed by atoms with van der Waals surface area (Å²) in [7, 11) is -3.28. The molecular weight excluding hydrogens is 462 g/mol. The second-order valence-corrected chi connectivity index (χ2v) is 11.8. The third-order valence-corrected chi connectivity index (χ3v) is 9.41. The minimum Gasteiger partial charge on any atom is -0.490 e. The van der Waals surface area contributed by atoms with E-state index < -0.39 is 9.84 Å². The molecule has 0 spiro atoms. The van der Waals surface area contributed by atoms with Gasteiger partial charge in [0.1, 0.15) is 18.0 Å². The summed E-state index contributed by atoms with van der Waals surface area (Å²) in [5.41, 5.74) is 3.44. The smallest absolute Gasteiger partial charge is 0.181 e. The first-order valence-corrected chi connectivity index (χ1v) is 13.8. The molecule has 8 heteroatoms. The van der Waals surface area contributed by atoms with E-state index in [1.807, 2.05) is 36.4 Å². The molecule has 2 aromatic heterocycles. The van der Waals surface area contributed by atoms with Crippen LogP contribution in [-0.4, -0.2) is 66.0 Å². The van der Waals surface area contributed by atoms with Crippen molar-refractivity contribution >= 4 is 31.8 Å². The van der Waals surface area contributed by atoms with Crippen LogP contribution >= 0.6 is 0 Å². The van der Waals surface area contributed by atoms with Crippen molar-refractivity contribution in [1.29, 1.82) is 0 Å². The molecule has 2 aliphatic rings. The van der Waals surface area contributed by atoms with Crippen molar-refractivity contribution in [2.24, 2.45) is 0 Å². The fraction of sp³-hybridized carbons (Fsp3) is 0.370. The van der Waals surface area contributed by atoms with Crippen molar-refractivity contribution in [2.45, 2.75) is 41.9 Å². The van der Waals surface area contributed by atoms with Crippen LogP contribution in [0.4, 0.5) is 0 Å². The number of ether oxygens (including phenoxy) is 1. The van der Waals surface area contributed by atoms with Crippen molar-refractivity contribution in [3.8, 4) is 16.9 Å². The van der Waals surface area contributed by atoms with E-state index in [0.29, 0.717) is 11.5 Å². The van der Waals surface area contributed by atoms with Crippen LogP contribution in [0.25, 0.3) is 33.1 Å². The third-order valence-electron chi connectivity index (χ3n) is 7.15. The van der Waals surface area contributed by atoms with E-state index in [1.54, 1.807) is 18.3 Å². The molecule has 1 aliphatic carbocycles. The molecule has 2 N–H and O–H groups in total. The number of hydrogen-bond acceptors (Lipinski definition) is 6. The summed E-state index contributed by atoms with van der Waals surface area (Å²) < 4.78 is 32.0. The highest BCUT2D eigenvalue weighted by Crippen LogP contribution is 2.40. The predicted molar refractivity (Wildman–Crippen MR) is 136 cm³/mol. The topological polar surface area (TPSA) is 95.5 Å². The number of rotatable bonds is 7. The number of aromatic nitrogens is 2. The van der Waals surface area contributed by atoms with Gasteiger partial charge in [0.2, 0.25) is 0 Å². The van der Waals surface area contributed by atoms with Crippen molar-refractivity contribution < 1.29 is 18.3 Å². The van der Waals surface area contributed by atoms with Gasteiger partial charge in [-0.3, -0.25) is 4.90 Å². The van der Waals surface area contributed by atoms with Crippen molar-refractivity contribution in [1.82, 2.24) is 14.9 Å². The highest BCUT2D eigenvalue weighted by molar-refractivity contribution is 7.92. The largest absolute Gasteiger partial charge is 0.490 e. The van der Waals surface area contributed by atoms with E-state index in [1.165, 1.54) is 0 Å². The summed E-state index contributed by atoms with van der Waals surface area (Å²) in [5.74, 6) is 0.751. The zero-order chi connectivity index (χ0) is 24.0. The number of fused-ring (bicyclic) bond motifs is 3. The molecular formula is C27H29N3O4S. The second-order valence-electron chi connectivity index (χ2n) is 9.58. The normalized spacial score (nSPS) is 17.9. The number of pyridine rings is 1. The number of piperidine rings is 1. The van der Waals surface area contributed by atoms with Gasteiger partial charge in [-0.1, -0.05) is 12.1 Å². The number of sulfone groups is 1. The number of aromatic amines is 1. The summed E-state index contributed by atoms with van der Waals surface area (Å²) in [6, 6.07) is 15.2. The lowest BCUT2D eigenvalue weighted by Gasteiger charge is -2.29. The fourth-order valence-electron chi connectivity index (χ4n) is 5.01. The average molecular weight is 492 g/mol. The van der Waals surface area contributed by atoms with Gasteiger partial charge in [0.25, 0.3) is 0 Å². The van der Waals surface area contributed by atoms with E-state index in [9.17, 15) is 13.5 Å². The Hall–Kier alpha value is -2.94. The summed E-state index contributed by atoms with van der Waals surface area (Å²) in [6.07, 6.45) is 4.68. The Morgan fingerprint density at radius 1 is 1.06 bits per heavy atom. The van der Waals surface area contributed by atoms with Crippen molar-refractivity contribution in [3.63, 3.8) is 0 Å². The molecule has 6 rings (SSSR count). The van der Waals surface area contributed by atoms with Gasteiger partial charge < -0.3 is 14.8 Å². The lowest BCUT2D eigenvalue weighted by atomic mass is 9.99. The van der Waals surface area contributed by atoms with Crippen LogP contribution in [0.2, 0.25) is 0 Å². The van der Waals surface area contributed by atoms with Gasteiger partial charge in [0.05, 0.1) is 21.8 Å². The zero-order valence-corrected chi connectivity index (χ0v) is 20.3. The van der Waals surface area contributed by atoms with Gasteiger partial charge in [-0.05, 0) is 73.2 Å². The number of nitrogens with one attached hydrogen (secondary N) is 1. The first-order valence-electron chi connectivity index (χ1n) is 12.3. The first-order chi connectivity index (χ1) is 17.0. The Morgan fingerprint density at radius 2 is 1.89 bits per heavy atom. The number of benzene rings is 2. The molecule has 0 radical (unpaired) electrons. The van der Waals surface area contributed by atoms with E-state index in [4.69, 9.17) is 4.74 Å². The van der Waals surface area contributed by atoms with E-state index in [2.05, 4.69) is 14.9 Å². The maximum absolute atomic E-state index is 12.9. The van der Waals surface area contributed by atoms with E-state index in [0.717, 1.165) is 84.1 Å². The Balaban J connectivity index is 1.36. The molecule has 2 fully saturated rings. The highest BCUT2D eigenvalue weighted by Gasteiger charge is 2.37. The van der Waals surface area contributed by atoms with Gasteiger partial charge in [-0.15, -0.1) is 0 Å². The van der Waals surface area contributed by atoms with Gasteiger partial charge in [-0.2, -0.15) is 0 Å². The Labute approximate surface area is 204 Å². The summed E-state index contributed by atoms with van der Waals surface area (Å²) >= 11 is 0. The predicted octanol–water partition coefficient (Wildman–Crippen LogP) is 4.15. The number of hydrogen-bond donors (Lipinski definition) is 2. The highest BCUT2D eigenvalue weighted by atomic mass is 32.2. The van der Waals surface area contributed by atoms with Gasteiger partial charge >= 0.3 is 0 Å². The zero-order valence-electron chi connectivity index (χ0n) is 19.5. The molecule has 2 aromatic carbocycles. The second kappa shape index (κ2) is 8.93. The Bertz CT molecular complexity index is 1490. The van der Waals surface area contributed by atoms with Crippen LogP contribution in [0, 0.1) is 0 Å². The van der Waals surface area contributed by atoms with Crippen LogP contribution in [0.15, 0.2) is 59.6 Å². The fourth-order valence-corrected chi connectivity index (χ4v) is 6.71. The maximum atomic E-state index is 12.9. The molecule has 1 aliphatic heterocycles. The van der Waals surface area contributed by atoms with Crippen LogP contribution in [-0.2, 0) is 9.84 Å². The molecule has 1 saturated heterocycles. The molecule has 1 saturated carbocycles. The average Bonchev–Trinajstić information content (AvgIpc) is 3.67. The van der Waals surface area contributed by atoms with E-state index in [-0.39, 0.29) is 11.4 Å². The minimum absolute atomic E-state index is 0.184. The third kappa shape index (κ3) is 4.30. The van der Waals surface area contributed by atoms with Crippen LogP contribution in [0.5, 0.6) is 5.75 Å². The molecule has 7 nitrogen and oxygen atoms in total. The van der Waals surface area contributed by atoms with Crippen LogP contribution < -0.4 is 4.74 Å². The maximum Gasteiger partial charge on any atom is 0.181 e. The van der Waals surface area contributed by atoms with Gasteiger partial charge in [-0.25, -0.2) is 13.4 Å². The summed E-state index contributed by atoms with van der Waals surface area (Å²) in [6.45, 7) is 3.11. The van der Waals surface area contributed by atoms with Crippen LogP contribution in [0.1, 0.15) is 25.7 Å². The standard InChI is InChI=1S/C27H29N3O4S/c31-19-10-13-30(14-11-19)15-16-34-24-9-8-22(25-23-5-2-12-28-27(23)29-26(24)25)18-3-1-4-21(17-18)35(32,33)20-6-7-20/h1-5,8-9,12,17,19-20,31H,6-7,10-11,13-16H2,(H,28,29). The SMILES string of the molecule is O=S(=O)(c1cccc(-c2ccc(OCCN3CCC(O)CC3)c3[nH]c4ncccc4c23)c1)C1CC1. The van der Waals surface area contributed by atoms with Crippen molar-refractivity contribution in [3.05, 3.63) is 54.7 Å². The van der Waals surface area contributed by atoms with Crippen LogP contribution in [0.3, 0.4) is 0 Å². The number of likely N-dealkylation sites (tertiary alicyclic amines) is 1. The van der Waals surface area contributed by atoms with Gasteiger partial charge in [0, 0.05) is 36.6 Å².